The van der Waals surface area contributed by atoms with Crippen LogP contribution >= 0.6 is 11.6 Å². The smallest absolute Gasteiger partial charge is 0.222 e. The number of aryl methyl sites for hydroxylation is 1. The zero-order chi connectivity index (χ0) is 18.2. The molecule has 132 valence electrons. The number of ketones is 1. The molecule has 0 atom stereocenters. The third-order valence-corrected chi connectivity index (χ3v) is 4.13. The summed E-state index contributed by atoms with van der Waals surface area (Å²) in [6, 6.07) is 14.5. The van der Waals surface area contributed by atoms with Crippen molar-refractivity contribution in [3.05, 3.63) is 64.7 Å². The lowest BCUT2D eigenvalue weighted by Gasteiger charge is -2.17. The van der Waals surface area contributed by atoms with Gasteiger partial charge < -0.3 is 9.64 Å². The molecule has 0 spiro atoms. The largest absolute Gasteiger partial charge is 0.492 e. The highest BCUT2D eigenvalue weighted by Gasteiger charge is 2.12. The van der Waals surface area contributed by atoms with Gasteiger partial charge in [-0.2, -0.15) is 0 Å². The molecule has 5 heteroatoms. The van der Waals surface area contributed by atoms with Gasteiger partial charge in [0.1, 0.15) is 12.4 Å². The standard InChI is InChI=1S/C20H22ClNO3/c1-15-3-5-16(6-4-15)19(23)11-12-20(24)22(2)13-14-25-18-9-7-17(21)8-10-18/h3-10H,11-14H2,1-2H3. The summed E-state index contributed by atoms with van der Waals surface area (Å²) < 4.78 is 5.57. The molecule has 1 amide bonds. The van der Waals surface area contributed by atoms with Crippen molar-refractivity contribution in [2.24, 2.45) is 0 Å². The lowest BCUT2D eigenvalue weighted by molar-refractivity contribution is -0.130. The average Bonchev–Trinajstić information content (AvgIpc) is 2.61. The molecule has 0 fully saturated rings. The number of likely N-dealkylation sites (N-methyl/N-ethyl adjacent to an activating group) is 1. The molecule has 0 aromatic heterocycles. The van der Waals surface area contributed by atoms with Crippen molar-refractivity contribution >= 4 is 23.3 Å². The Morgan fingerprint density at radius 2 is 1.64 bits per heavy atom. The molecule has 0 saturated carbocycles. The van der Waals surface area contributed by atoms with Gasteiger partial charge in [-0.25, -0.2) is 0 Å². The summed E-state index contributed by atoms with van der Waals surface area (Å²) in [5.74, 6) is 0.624. The van der Waals surface area contributed by atoms with Crippen LogP contribution in [0.5, 0.6) is 5.75 Å². The minimum absolute atomic E-state index is 0.0147. The van der Waals surface area contributed by atoms with Crippen LogP contribution in [0.2, 0.25) is 5.02 Å². The molecule has 0 saturated heterocycles. The summed E-state index contributed by atoms with van der Waals surface area (Å²) in [5.41, 5.74) is 1.75. The van der Waals surface area contributed by atoms with Gasteiger partial charge >= 0.3 is 0 Å². The van der Waals surface area contributed by atoms with Crippen LogP contribution in [0.25, 0.3) is 0 Å². The second-order valence-corrected chi connectivity index (χ2v) is 6.34. The Labute approximate surface area is 153 Å². The first-order chi connectivity index (χ1) is 12.0. The monoisotopic (exact) mass is 359 g/mol. The van der Waals surface area contributed by atoms with Crippen molar-refractivity contribution in [1.82, 2.24) is 4.90 Å². The lowest BCUT2D eigenvalue weighted by Crippen LogP contribution is -2.31. The number of hydrogen-bond acceptors (Lipinski definition) is 3. The zero-order valence-corrected chi connectivity index (χ0v) is 15.3. The molecule has 2 rings (SSSR count). The van der Waals surface area contributed by atoms with E-state index in [-0.39, 0.29) is 24.5 Å². The van der Waals surface area contributed by atoms with E-state index in [2.05, 4.69) is 0 Å². The molecule has 0 aliphatic rings. The highest BCUT2D eigenvalue weighted by atomic mass is 35.5. The Morgan fingerprint density at radius 1 is 1.00 bits per heavy atom. The predicted octanol–water partition coefficient (Wildman–Crippen LogP) is 4.15. The third-order valence-electron chi connectivity index (χ3n) is 3.87. The molecule has 0 bridgehead atoms. The van der Waals surface area contributed by atoms with Crippen molar-refractivity contribution in [3.8, 4) is 5.75 Å². The second-order valence-electron chi connectivity index (χ2n) is 5.91. The van der Waals surface area contributed by atoms with Crippen LogP contribution in [0.3, 0.4) is 0 Å². The molecular weight excluding hydrogens is 338 g/mol. The predicted molar refractivity (Wildman–Crippen MR) is 99.3 cm³/mol. The number of benzene rings is 2. The molecule has 0 aliphatic carbocycles. The van der Waals surface area contributed by atoms with Crippen LogP contribution < -0.4 is 4.74 Å². The molecule has 2 aromatic rings. The maximum atomic E-state index is 12.1. The number of Topliss-reactive ketones (excluding diaryl/α,β-unsaturated/α-hetero) is 1. The zero-order valence-electron chi connectivity index (χ0n) is 14.5. The normalized spacial score (nSPS) is 10.4. The van der Waals surface area contributed by atoms with Gasteiger partial charge in [0.05, 0.1) is 6.54 Å². The summed E-state index contributed by atoms with van der Waals surface area (Å²) in [5, 5.41) is 0.651. The second kappa shape index (κ2) is 9.23. The SMILES string of the molecule is Cc1ccc(C(=O)CCC(=O)N(C)CCOc2ccc(Cl)cc2)cc1. The third kappa shape index (κ3) is 6.24. The van der Waals surface area contributed by atoms with Crippen LogP contribution in [-0.2, 0) is 4.79 Å². The van der Waals surface area contributed by atoms with Crippen molar-refractivity contribution in [2.45, 2.75) is 19.8 Å². The van der Waals surface area contributed by atoms with Gasteiger partial charge in [0.25, 0.3) is 0 Å². The first kappa shape index (κ1) is 19.0. The molecule has 2 aromatic carbocycles. The van der Waals surface area contributed by atoms with E-state index in [0.29, 0.717) is 29.5 Å². The number of halogens is 1. The minimum Gasteiger partial charge on any atom is -0.492 e. The van der Waals surface area contributed by atoms with E-state index in [9.17, 15) is 9.59 Å². The minimum atomic E-state index is -0.0693. The fourth-order valence-electron chi connectivity index (χ4n) is 2.25. The van der Waals surface area contributed by atoms with Gasteiger partial charge in [0, 0.05) is 30.5 Å². The molecule has 0 heterocycles. The van der Waals surface area contributed by atoms with E-state index in [1.54, 1.807) is 48.3 Å². The highest BCUT2D eigenvalue weighted by molar-refractivity contribution is 6.30. The number of rotatable bonds is 8. The van der Waals surface area contributed by atoms with E-state index in [4.69, 9.17) is 16.3 Å². The fraction of sp³-hybridized carbons (Fsp3) is 0.300. The Kier molecular flexibility index (Phi) is 7.02. The summed E-state index contributed by atoms with van der Waals surface area (Å²) in [4.78, 5) is 25.8. The number of ether oxygens (including phenoxy) is 1. The highest BCUT2D eigenvalue weighted by Crippen LogP contribution is 2.15. The van der Waals surface area contributed by atoms with Crippen LogP contribution in [-0.4, -0.2) is 36.8 Å². The lowest BCUT2D eigenvalue weighted by atomic mass is 10.0. The number of nitrogens with zero attached hydrogens (tertiary/aromatic N) is 1. The van der Waals surface area contributed by atoms with Gasteiger partial charge in [-0.05, 0) is 31.2 Å². The summed E-state index contributed by atoms with van der Waals surface area (Å²) in [7, 11) is 1.71. The van der Waals surface area contributed by atoms with Gasteiger partial charge in [-0.15, -0.1) is 0 Å². The fourth-order valence-corrected chi connectivity index (χ4v) is 2.38. The quantitative estimate of drug-likeness (QED) is 0.665. The van der Waals surface area contributed by atoms with Gasteiger partial charge in [0.15, 0.2) is 5.78 Å². The van der Waals surface area contributed by atoms with E-state index >= 15 is 0 Å². The summed E-state index contributed by atoms with van der Waals surface area (Å²) >= 11 is 5.81. The molecule has 0 aliphatic heterocycles. The Morgan fingerprint density at radius 3 is 2.28 bits per heavy atom. The summed E-state index contributed by atoms with van der Waals surface area (Å²) in [6.45, 7) is 2.81. The summed E-state index contributed by atoms with van der Waals surface area (Å²) in [6.07, 6.45) is 0.411. The van der Waals surface area contributed by atoms with Crippen molar-refractivity contribution < 1.29 is 14.3 Å². The van der Waals surface area contributed by atoms with Crippen LogP contribution in [0.15, 0.2) is 48.5 Å². The maximum Gasteiger partial charge on any atom is 0.222 e. The number of amides is 1. The molecule has 0 N–H and O–H groups in total. The van der Waals surface area contributed by atoms with E-state index in [1.165, 1.54) is 0 Å². The molecular formula is C20H22ClNO3. The number of carbonyl (C=O) groups excluding carboxylic acids is 2. The molecule has 4 nitrogen and oxygen atoms in total. The van der Waals surface area contributed by atoms with Gasteiger partial charge in [-0.1, -0.05) is 41.4 Å². The van der Waals surface area contributed by atoms with E-state index in [1.807, 2.05) is 19.1 Å². The Hall–Kier alpha value is -2.33. The van der Waals surface area contributed by atoms with E-state index in [0.717, 1.165) is 5.56 Å². The van der Waals surface area contributed by atoms with Crippen LogP contribution in [0.4, 0.5) is 0 Å². The van der Waals surface area contributed by atoms with Crippen molar-refractivity contribution in [1.29, 1.82) is 0 Å². The first-order valence-electron chi connectivity index (χ1n) is 8.18. The van der Waals surface area contributed by atoms with E-state index < -0.39 is 0 Å². The number of hydrogen-bond donors (Lipinski definition) is 0. The first-order valence-corrected chi connectivity index (χ1v) is 8.55. The topological polar surface area (TPSA) is 46.6 Å². The van der Waals surface area contributed by atoms with Gasteiger partial charge in [0.2, 0.25) is 5.91 Å². The number of carbonyl (C=O) groups is 2. The average molecular weight is 360 g/mol. The molecule has 25 heavy (non-hydrogen) atoms. The van der Waals surface area contributed by atoms with Crippen molar-refractivity contribution in [3.63, 3.8) is 0 Å². The van der Waals surface area contributed by atoms with Crippen LogP contribution in [0.1, 0.15) is 28.8 Å². The molecule has 0 unspecified atom stereocenters. The van der Waals surface area contributed by atoms with Crippen LogP contribution in [0, 0.1) is 6.92 Å². The Bertz CT molecular complexity index is 711. The van der Waals surface area contributed by atoms with Gasteiger partial charge in [-0.3, -0.25) is 9.59 Å². The Balaban J connectivity index is 1.71. The molecule has 0 radical (unpaired) electrons. The maximum absolute atomic E-state index is 12.1. The van der Waals surface area contributed by atoms with Crippen molar-refractivity contribution in [2.75, 3.05) is 20.2 Å².